The number of fused-ring (bicyclic) bond motifs is 6. The van der Waals surface area contributed by atoms with Crippen LogP contribution in [0.1, 0.15) is 16.7 Å². The first-order valence-corrected chi connectivity index (χ1v) is 16.3. The van der Waals surface area contributed by atoms with E-state index in [1.165, 1.54) is 0 Å². The van der Waals surface area contributed by atoms with Crippen LogP contribution in [0.15, 0.2) is 152 Å². The standard InChI is InChI=1S/C45H25N5/c46-26-29-13-20-44(50-43-12-6-3-9-37(43)39-24-30(27-47)14-21-45(39)50)38(23-29)32-17-15-31(16-18-32)33-19-22-40(34(25-33)28-48)49-41-10-4-1-7-35(41)36-8-2-5-11-42(36)49/h1-25H. The number of hydrogen-bond donors (Lipinski definition) is 0. The Hall–Kier alpha value is -7.39. The molecule has 0 atom stereocenters. The van der Waals surface area contributed by atoms with E-state index in [0.29, 0.717) is 16.7 Å². The van der Waals surface area contributed by atoms with Gasteiger partial charge in [0.05, 0.1) is 62.3 Å². The summed E-state index contributed by atoms with van der Waals surface area (Å²) in [6, 6.07) is 57.7. The van der Waals surface area contributed by atoms with E-state index >= 15 is 0 Å². The van der Waals surface area contributed by atoms with Crippen molar-refractivity contribution in [1.29, 1.82) is 15.8 Å². The second-order valence-electron chi connectivity index (χ2n) is 12.3. The van der Waals surface area contributed by atoms with E-state index in [1.807, 2.05) is 84.9 Å². The molecule has 0 saturated heterocycles. The highest BCUT2D eigenvalue weighted by atomic mass is 15.0. The number of hydrogen-bond acceptors (Lipinski definition) is 3. The van der Waals surface area contributed by atoms with Gasteiger partial charge in [-0.3, -0.25) is 0 Å². The van der Waals surface area contributed by atoms with Crippen LogP contribution in [-0.4, -0.2) is 9.13 Å². The van der Waals surface area contributed by atoms with Crippen molar-refractivity contribution in [2.45, 2.75) is 0 Å². The Morgan fingerprint density at radius 1 is 0.360 bits per heavy atom. The highest BCUT2D eigenvalue weighted by molar-refractivity contribution is 6.11. The lowest BCUT2D eigenvalue weighted by Crippen LogP contribution is -1.98. The summed E-state index contributed by atoms with van der Waals surface area (Å²) in [5.74, 6) is 0. The largest absolute Gasteiger partial charge is 0.309 e. The van der Waals surface area contributed by atoms with Gasteiger partial charge in [-0.15, -0.1) is 0 Å². The van der Waals surface area contributed by atoms with Crippen molar-refractivity contribution in [2.75, 3.05) is 0 Å². The molecule has 0 bridgehead atoms. The zero-order chi connectivity index (χ0) is 33.8. The lowest BCUT2D eigenvalue weighted by atomic mass is 9.96. The van der Waals surface area contributed by atoms with Crippen LogP contribution in [-0.2, 0) is 0 Å². The van der Waals surface area contributed by atoms with Gasteiger partial charge in [0.1, 0.15) is 6.07 Å². The van der Waals surface area contributed by atoms with E-state index in [4.69, 9.17) is 0 Å². The van der Waals surface area contributed by atoms with E-state index in [0.717, 1.165) is 77.2 Å². The molecule has 230 valence electrons. The van der Waals surface area contributed by atoms with Crippen molar-refractivity contribution in [3.63, 3.8) is 0 Å². The van der Waals surface area contributed by atoms with Gasteiger partial charge in [0, 0.05) is 27.1 Å². The highest BCUT2D eigenvalue weighted by Crippen LogP contribution is 2.38. The fraction of sp³-hybridized carbons (Fsp3) is 0. The van der Waals surface area contributed by atoms with E-state index < -0.39 is 0 Å². The maximum Gasteiger partial charge on any atom is 0.101 e. The van der Waals surface area contributed by atoms with Gasteiger partial charge >= 0.3 is 0 Å². The van der Waals surface area contributed by atoms with Gasteiger partial charge in [-0.1, -0.05) is 84.9 Å². The zero-order valence-electron chi connectivity index (χ0n) is 26.7. The predicted octanol–water partition coefficient (Wildman–Crippen LogP) is 10.8. The van der Waals surface area contributed by atoms with Crippen LogP contribution in [0.3, 0.4) is 0 Å². The van der Waals surface area contributed by atoms with E-state index in [2.05, 4.69) is 94.1 Å². The molecule has 0 aliphatic rings. The van der Waals surface area contributed by atoms with Crippen molar-refractivity contribution in [3.05, 3.63) is 168 Å². The summed E-state index contributed by atoms with van der Waals surface area (Å²) in [6.45, 7) is 0. The second-order valence-corrected chi connectivity index (χ2v) is 12.3. The summed E-state index contributed by atoms with van der Waals surface area (Å²) in [6.07, 6.45) is 0. The molecule has 5 nitrogen and oxygen atoms in total. The molecular formula is C45H25N5. The third kappa shape index (κ3) is 4.38. The summed E-state index contributed by atoms with van der Waals surface area (Å²) in [7, 11) is 0. The van der Waals surface area contributed by atoms with Crippen LogP contribution in [0.5, 0.6) is 0 Å². The molecule has 7 aromatic carbocycles. The fourth-order valence-electron chi connectivity index (χ4n) is 7.36. The Labute approximate surface area is 287 Å². The Balaban J connectivity index is 1.16. The monoisotopic (exact) mass is 635 g/mol. The van der Waals surface area contributed by atoms with Gasteiger partial charge in [0.15, 0.2) is 0 Å². The molecule has 0 aliphatic heterocycles. The average Bonchev–Trinajstić information content (AvgIpc) is 3.70. The van der Waals surface area contributed by atoms with Gasteiger partial charge in [0.2, 0.25) is 0 Å². The van der Waals surface area contributed by atoms with Crippen LogP contribution in [0.2, 0.25) is 0 Å². The lowest BCUT2D eigenvalue weighted by molar-refractivity contribution is 1.17. The van der Waals surface area contributed by atoms with Gasteiger partial charge in [-0.05, 0) is 83.4 Å². The molecule has 9 aromatic rings. The van der Waals surface area contributed by atoms with E-state index in [1.54, 1.807) is 0 Å². The molecule has 0 amide bonds. The molecule has 0 N–H and O–H groups in total. The summed E-state index contributed by atoms with van der Waals surface area (Å²) in [5, 5.41) is 34.2. The van der Waals surface area contributed by atoms with Crippen LogP contribution < -0.4 is 0 Å². The second kappa shape index (κ2) is 11.4. The molecule has 2 aromatic heterocycles. The van der Waals surface area contributed by atoms with Crippen molar-refractivity contribution >= 4 is 43.6 Å². The average molecular weight is 636 g/mol. The maximum atomic E-state index is 10.4. The first-order valence-electron chi connectivity index (χ1n) is 16.3. The topological polar surface area (TPSA) is 81.2 Å². The molecule has 0 unspecified atom stereocenters. The molecule has 2 heterocycles. The predicted molar refractivity (Wildman–Crippen MR) is 200 cm³/mol. The van der Waals surface area contributed by atoms with Crippen LogP contribution in [0, 0.1) is 34.0 Å². The third-order valence-electron chi connectivity index (χ3n) is 9.64. The molecule has 0 spiro atoms. The Kier molecular flexibility index (Phi) is 6.56. The smallest absolute Gasteiger partial charge is 0.101 e. The Morgan fingerprint density at radius 2 is 0.840 bits per heavy atom. The minimum Gasteiger partial charge on any atom is -0.309 e. The molecule has 5 heteroatoms. The number of para-hydroxylation sites is 3. The summed E-state index contributed by atoms with van der Waals surface area (Å²) in [5.41, 5.74) is 11.5. The Bertz CT molecular complexity index is 2900. The number of aromatic nitrogens is 2. The summed E-state index contributed by atoms with van der Waals surface area (Å²) < 4.78 is 4.39. The minimum atomic E-state index is 0.569. The van der Waals surface area contributed by atoms with Crippen LogP contribution in [0.4, 0.5) is 0 Å². The first-order chi connectivity index (χ1) is 24.7. The number of nitrogens with zero attached hydrogens (tertiary/aromatic N) is 5. The molecule has 0 aliphatic carbocycles. The summed E-state index contributed by atoms with van der Waals surface area (Å²) in [4.78, 5) is 0. The van der Waals surface area contributed by atoms with Crippen molar-refractivity contribution in [3.8, 4) is 51.8 Å². The maximum absolute atomic E-state index is 10.4. The number of nitriles is 3. The number of rotatable bonds is 4. The van der Waals surface area contributed by atoms with Crippen molar-refractivity contribution < 1.29 is 0 Å². The van der Waals surface area contributed by atoms with Crippen LogP contribution >= 0.6 is 0 Å². The Morgan fingerprint density at radius 3 is 1.46 bits per heavy atom. The molecule has 0 fully saturated rings. The van der Waals surface area contributed by atoms with Gasteiger partial charge in [0.25, 0.3) is 0 Å². The number of benzene rings is 7. The van der Waals surface area contributed by atoms with Gasteiger partial charge in [-0.2, -0.15) is 15.8 Å². The normalized spacial score (nSPS) is 11.1. The zero-order valence-corrected chi connectivity index (χ0v) is 26.7. The van der Waals surface area contributed by atoms with Gasteiger partial charge in [-0.25, -0.2) is 0 Å². The fourth-order valence-corrected chi connectivity index (χ4v) is 7.36. The molecular weight excluding hydrogens is 611 g/mol. The van der Waals surface area contributed by atoms with Crippen molar-refractivity contribution in [1.82, 2.24) is 9.13 Å². The minimum absolute atomic E-state index is 0.569. The molecule has 50 heavy (non-hydrogen) atoms. The highest BCUT2D eigenvalue weighted by Gasteiger charge is 2.18. The SMILES string of the molecule is N#Cc1ccc(-n2c3ccccc3c3cc(C#N)ccc32)c(-c2ccc(-c3ccc(-n4c5ccccc5c5ccccc54)c(C#N)c3)cc2)c1. The quantitative estimate of drug-likeness (QED) is 0.193. The molecule has 0 saturated carbocycles. The third-order valence-corrected chi connectivity index (χ3v) is 9.64. The molecule has 0 radical (unpaired) electrons. The molecule has 9 rings (SSSR count). The summed E-state index contributed by atoms with van der Waals surface area (Å²) >= 11 is 0. The van der Waals surface area contributed by atoms with Gasteiger partial charge < -0.3 is 9.13 Å². The lowest BCUT2D eigenvalue weighted by Gasteiger charge is -2.15. The van der Waals surface area contributed by atoms with E-state index in [-0.39, 0.29) is 0 Å². The first kappa shape index (κ1) is 28.8. The van der Waals surface area contributed by atoms with E-state index in [9.17, 15) is 15.8 Å². The van der Waals surface area contributed by atoms with Crippen molar-refractivity contribution in [2.24, 2.45) is 0 Å². The van der Waals surface area contributed by atoms with Crippen LogP contribution in [0.25, 0.3) is 77.2 Å².